The molecular formula is C12H19NO. The van der Waals surface area contributed by atoms with Gasteiger partial charge in [-0.3, -0.25) is 4.90 Å². The van der Waals surface area contributed by atoms with E-state index in [1.54, 1.807) is 0 Å². The van der Waals surface area contributed by atoms with Crippen molar-refractivity contribution in [2.24, 2.45) is 11.8 Å². The van der Waals surface area contributed by atoms with Crippen LogP contribution in [-0.2, 0) is 0 Å². The molecule has 2 rings (SSSR count). The molecule has 1 aliphatic heterocycles. The maximum atomic E-state index is 9.95. The van der Waals surface area contributed by atoms with E-state index in [0.29, 0.717) is 5.92 Å². The molecule has 1 N–H and O–H groups in total. The second kappa shape index (κ2) is 3.56. The van der Waals surface area contributed by atoms with Gasteiger partial charge in [0.05, 0.1) is 0 Å². The largest absolute Gasteiger partial charge is 0.375 e. The third-order valence-electron chi connectivity index (χ3n) is 2.78. The first-order chi connectivity index (χ1) is 6.57. The Hall–Kier alpha value is -0.520. The van der Waals surface area contributed by atoms with Gasteiger partial charge in [-0.2, -0.15) is 0 Å². The summed E-state index contributed by atoms with van der Waals surface area (Å²) >= 11 is 0. The van der Waals surface area contributed by atoms with E-state index in [2.05, 4.69) is 30.6 Å². The average molecular weight is 193 g/mol. The summed E-state index contributed by atoms with van der Waals surface area (Å²) < 4.78 is 0. The Morgan fingerprint density at radius 2 is 2.07 bits per heavy atom. The lowest BCUT2D eigenvalue weighted by Crippen LogP contribution is -2.61. The van der Waals surface area contributed by atoms with Gasteiger partial charge in [0.25, 0.3) is 0 Å². The first-order valence-electron chi connectivity index (χ1n) is 5.55. The van der Waals surface area contributed by atoms with Crippen LogP contribution in [0.25, 0.3) is 0 Å². The van der Waals surface area contributed by atoms with Crippen LogP contribution in [0.2, 0.25) is 0 Å². The smallest absolute Gasteiger partial charge is 0.150 e. The Morgan fingerprint density at radius 3 is 2.57 bits per heavy atom. The number of aliphatic hydroxyl groups is 1. The summed E-state index contributed by atoms with van der Waals surface area (Å²) in [5, 5.41) is 9.95. The molecule has 0 bridgehead atoms. The molecule has 1 heterocycles. The molecule has 1 saturated carbocycles. The molecular weight excluding hydrogens is 174 g/mol. The van der Waals surface area contributed by atoms with Crippen molar-refractivity contribution in [3.8, 4) is 11.8 Å². The molecule has 0 radical (unpaired) electrons. The fourth-order valence-corrected chi connectivity index (χ4v) is 1.85. The molecule has 2 heteroatoms. The van der Waals surface area contributed by atoms with E-state index in [1.165, 1.54) is 19.4 Å². The van der Waals surface area contributed by atoms with Crippen LogP contribution in [0.4, 0.5) is 0 Å². The predicted octanol–water partition coefficient (Wildman–Crippen LogP) is 1.10. The third-order valence-corrected chi connectivity index (χ3v) is 2.78. The van der Waals surface area contributed by atoms with Gasteiger partial charge in [-0.15, -0.1) is 0 Å². The normalized spacial score (nSPS) is 25.4. The van der Waals surface area contributed by atoms with E-state index in [1.807, 2.05) is 0 Å². The maximum Gasteiger partial charge on any atom is 0.150 e. The average Bonchev–Trinajstić information content (AvgIpc) is 2.82. The molecule has 2 fully saturated rings. The number of β-amino-alcohol motifs (C(OH)–C–C–N with tert-alkyl or cyclic N) is 1. The van der Waals surface area contributed by atoms with Gasteiger partial charge in [0.2, 0.25) is 0 Å². The van der Waals surface area contributed by atoms with Gasteiger partial charge in [-0.05, 0) is 18.8 Å². The summed E-state index contributed by atoms with van der Waals surface area (Å²) in [5.41, 5.74) is -0.695. The minimum absolute atomic E-state index is 0.358. The molecule has 0 aromatic rings. The summed E-state index contributed by atoms with van der Waals surface area (Å²) in [4.78, 5) is 2.31. The van der Waals surface area contributed by atoms with Crippen LogP contribution in [0.15, 0.2) is 0 Å². The van der Waals surface area contributed by atoms with Crippen LogP contribution >= 0.6 is 0 Å². The van der Waals surface area contributed by atoms with Crippen LogP contribution in [0, 0.1) is 23.7 Å². The van der Waals surface area contributed by atoms with Gasteiger partial charge in [-0.25, -0.2) is 0 Å². The monoisotopic (exact) mass is 193 g/mol. The van der Waals surface area contributed by atoms with Crippen molar-refractivity contribution in [1.29, 1.82) is 0 Å². The van der Waals surface area contributed by atoms with E-state index in [0.717, 1.165) is 19.0 Å². The van der Waals surface area contributed by atoms with E-state index in [9.17, 15) is 5.11 Å². The zero-order valence-electron chi connectivity index (χ0n) is 9.08. The summed E-state index contributed by atoms with van der Waals surface area (Å²) in [6.07, 6.45) is 2.76. The molecule has 0 spiro atoms. The fraction of sp³-hybridized carbons (Fsp3) is 0.833. The standard InChI is InChI=1S/C12H19NO/c1-10(2)5-6-12(14)8-13(9-12)7-11-3-4-11/h10-11,14H,3-4,7-9H2,1-2H3. The molecule has 1 saturated heterocycles. The number of hydrogen-bond acceptors (Lipinski definition) is 2. The third kappa shape index (κ3) is 2.50. The summed E-state index contributed by atoms with van der Waals surface area (Å²) in [7, 11) is 0. The highest BCUT2D eigenvalue weighted by Crippen LogP contribution is 2.32. The quantitative estimate of drug-likeness (QED) is 0.664. The molecule has 1 aliphatic carbocycles. The SMILES string of the molecule is CC(C)C#CC1(O)CN(CC2CC2)C1. The number of likely N-dealkylation sites (tertiary alicyclic amines) is 1. The molecule has 0 unspecified atom stereocenters. The van der Waals surface area contributed by atoms with Crippen LogP contribution in [0.5, 0.6) is 0 Å². The molecule has 0 amide bonds. The van der Waals surface area contributed by atoms with Crippen LogP contribution < -0.4 is 0 Å². The van der Waals surface area contributed by atoms with E-state index in [4.69, 9.17) is 0 Å². The second-order valence-electron chi connectivity index (χ2n) is 5.07. The summed E-state index contributed by atoms with van der Waals surface area (Å²) in [6, 6.07) is 0. The molecule has 0 aromatic heterocycles. The van der Waals surface area contributed by atoms with Crippen molar-refractivity contribution in [1.82, 2.24) is 4.90 Å². The minimum Gasteiger partial charge on any atom is -0.375 e. The maximum absolute atomic E-state index is 9.95. The molecule has 14 heavy (non-hydrogen) atoms. The molecule has 0 aromatic carbocycles. The number of nitrogens with zero attached hydrogens (tertiary/aromatic N) is 1. The fourth-order valence-electron chi connectivity index (χ4n) is 1.85. The highest BCUT2D eigenvalue weighted by atomic mass is 16.3. The number of hydrogen-bond donors (Lipinski definition) is 1. The lowest BCUT2D eigenvalue weighted by molar-refractivity contribution is -0.0549. The predicted molar refractivity (Wildman–Crippen MR) is 56.7 cm³/mol. The molecule has 2 nitrogen and oxygen atoms in total. The molecule has 0 atom stereocenters. The highest BCUT2D eigenvalue weighted by Gasteiger charge is 2.41. The first-order valence-corrected chi connectivity index (χ1v) is 5.55. The molecule has 2 aliphatic rings. The first kappa shape index (κ1) is 10.0. The zero-order valence-corrected chi connectivity index (χ0v) is 9.08. The van der Waals surface area contributed by atoms with Gasteiger partial charge >= 0.3 is 0 Å². The Bertz CT molecular complexity index is 264. The lowest BCUT2D eigenvalue weighted by Gasteiger charge is -2.43. The van der Waals surface area contributed by atoms with Crippen LogP contribution in [0.3, 0.4) is 0 Å². The van der Waals surface area contributed by atoms with Gasteiger partial charge in [0.15, 0.2) is 5.60 Å². The van der Waals surface area contributed by atoms with Crippen molar-refractivity contribution in [3.05, 3.63) is 0 Å². The van der Waals surface area contributed by atoms with Crippen LogP contribution in [-0.4, -0.2) is 35.2 Å². The summed E-state index contributed by atoms with van der Waals surface area (Å²) in [5.74, 6) is 7.31. The van der Waals surface area contributed by atoms with Gasteiger partial charge in [0.1, 0.15) is 0 Å². The van der Waals surface area contributed by atoms with Crippen molar-refractivity contribution in [2.75, 3.05) is 19.6 Å². The van der Waals surface area contributed by atoms with E-state index in [-0.39, 0.29) is 0 Å². The van der Waals surface area contributed by atoms with Crippen molar-refractivity contribution in [3.63, 3.8) is 0 Å². The van der Waals surface area contributed by atoms with Crippen LogP contribution in [0.1, 0.15) is 26.7 Å². The minimum atomic E-state index is -0.695. The Balaban J connectivity index is 1.76. The zero-order chi connectivity index (χ0) is 10.2. The Morgan fingerprint density at radius 1 is 1.43 bits per heavy atom. The second-order valence-corrected chi connectivity index (χ2v) is 5.07. The van der Waals surface area contributed by atoms with Crippen molar-refractivity contribution < 1.29 is 5.11 Å². The lowest BCUT2D eigenvalue weighted by atomic mass is 9.94. The number of rotatable bonds is 2. The Labute approximate surface area is 86.3 Å². The van der Waals surface area contributed by atoms with E-state index >= 15 is 0 Å². The topological polar surface area (TPSA) is 23.5 Å². The van der Waals surface area contributed by atoms with Crippen molar-refractivity contribution >= 4 is 0 Å². The Kier molecular flexibility index (Phi) is 2.55. The van der Waals surface area contributed by atoms with Gasteiger partial charge in [-0.1, -0.05) is 25.7 Å². The van der Waals surface area contributed by atoms with Crippen molar-refractivity contribution in [2.45, 2.75) is 32.3 Å². The molecule has 78 valence electrons. The highest BCUT2D eigenvalue weighted by molar-refractivity contribution is 5.21. The van der Waals surface area contributed by atoms with E-state index < -0.39 is 5.60 Å². The van der Waals surface area contributed by atoms with Gasteiger partial charge in [0, 0.05) is 25.6 Å². The summed E-state index contributed by atoms with van der Waals surface area (Å²) in [6.45, 7) is 6.78. The van der Waals surface area contributed by atoms with Gasteiger partial charge < -0.3 is 5.11 Å².